The minimum absolute atomic E-state index is 0.0629. The molecule has 0 N–H and O–H groups in total. The first-order chi connectivity index (χ1) is 13.1. The standard InChI is InChI=1S/C18H20N2O8/c1-11(21)19(12(2)22)17(25)9-27-15-7-5-6-8-16(15)28-10-18(26)20(13(3)23)14(4)24/h5-8H,9-10H2,1-4H3. The molecule has 0 aliphatic heterocycles. The molecule has 0 unspecified atom stereocenters. The van der Waals surface area contributed by atoms with Crippen LogP contribution in [0.5, 0.6) is 11.5 Å². The van der Waals surface area contributed by atoms with Gasteiger partial charge in [-0.25, -0.2) is 9.80 Å². The Hall–Kier alpha value is -3.56. The quantitative estimate of drug-likeness (QED) is 0.676. The van der Waals surface area contributed by atoms with Crippen molar-refractivity contribution in [2.75, 3.05) is 13.2 Å². The summed E-state index contributed by atoms with van der Waals surface area (Å²) in [5, 5.41) is 0. The van der Waals surface area contributed by atoms with Crippen molar-refractivity contribution in [2.24, 2.45) is 0 Å². The summed E-state index contributed by atoms with van der Waals surface area (Å²) < 4.78 is 10.6. The Bertz CT molecular complexity index is 723. The summed E-state index contributed by atoms with van der Waals surface area (Å²) in [5.41, 5.74) is 0. The van der Waals surface area contributed by atoms with Gasteiger partial charge in [-0.15, -0.1) is 0 Å². The largest absolute Gasteiger partial charge is 0.480 e. The van der Waals surface area contributed by atoms with Crippen molar-refractivity contribution in [1.82, 2.24) is 9.80 Å². The van der Waals surface area contributed by atoms with Crippen LogP contribution in [0.3, 0.4) is 0 Å². The lowest BCUT2D eigenvalue weighted by atomic mass is 10.3. The molecule has 0 aliphatic carbocycles. The zero-order valence-corrected chi connectivity index (χ0v) is 15.9. The average Bonchev–Trinajstić information content (AvgIpc) is 2.57. The smallest absolute Gasteiger partial charge is 0.273 e. The number of hydrogen-bond acceptors (Lipinski definition) is 8. The van der Waals surface area contributed by atoms with Crippen LogP contribution in [-0.2, 0) is 28.8 Å². The van der Waals surface area contributed by atoms with Gasteiger partial charge in [0.05, 0.1) is 0 Å². The Kier molecular flexibility index (Phi) is 7.99. The second-order valence-corrected chi connectivity index (χ2v) is 5.56. The van der Waals surface area contributed by atoms with Gasteiger partial charge in [0.2, 0.25) is 23.6 Å². The molecule has 0 aromatic heterocycles. The second-order valence-electron chi connectivity index (χ2n) is 5.56. The van der Waals surface area contributed by atoms with E-state index in [-0.39, 0.29) is 11.5 Å². The molecular formula is C18H20N2O8. The van der Waals surface area contributed by atoms with Crippen molar-refractivity contribution in [3.63, 3.8) is 0 Å². The summed E-state index contributed by atoms with van der Waals surface area (Å²) in [6.45, 7) is 3.02. The van der Waals surface area contributed by atoms with Crippen LogP contribution in [0.1, 0.15) is 27.7 Å². The van der Waals surface area contributed by atoms with Gasteiger partial charge in [-0.05, 0) is 12.1 Å². The minimum atomic E-state index is -0.870. The number of imide groups is 6. The lowest BCUT2D eigenvalue weighted by Gasteiger charge is -2.18. The van der Waals surface area contributed by atoms with Crippen LogP contribution in [0.2, 0.25) is 0 Å². The number of para-hydroxylation sites is 2. The molecule has 10 heteroatoms. The predicted octanol–water partition coefficient (Wildman–Crippen LogP) is 0.287. The lowest BCUT2D eigenvalue weighted by molar-refractivity contribution is -0.155. The molecule has 0 radical (unpaired) electrons. The number of carbonyl (C=O) groups is 6. The molecule has 0 aliphatic rings. The van der Waals surface area contributed by atoms with Gasteiger partial charge >= 0.3 is 0 Å². The van der Waals surface area contributed by atoms with E-state index in [1.165, 1.54) is 12.1 Å². The zero-order valence-electron chi connectivity index (χ0n) is 15.9. The van der Waals surface area contributed by atoms with Crippen LogP contribution in [0.25, 0.3) is 0 Å². The summed E-state index contributed by atoms with van der Waals surface area (Å²) in [6, 6.07) is 6.01. The fourth-order valence-corrected chi connectivity index (χ4v) is 2.24. The summed E-state index contributed by atoms with van der Waals surface area (Å²) in [4.78, 5) is 70.3. The van der Waals surface area contributed by atoms with E-state index in [9.17, 15) is 28.8 Å². The zero-order chi connectivity index (χ0) is 21.4. The Morgan fingerprint density at radius 3 is 1.18 bits per heavy atom. The highest BCUT2D eigenvalue weighted by atomic mass is 16.5. The van der Waals surface area contributed by atoms with Crippen LogP contribution in [0.4, 0.5) is 0 Å². The van der Waals surface area contributed by atoms with Crippen LogP contribution in [-0.4, -0.2) is 58.5 Å². The molecule has 1 aromatic carbocycles. The van der Waals surface area contributed by atoms with E-state index in [4.69, 9.17) is 9.47 Å². The van der Waals surface area contributed by atoms with Crippen molar-refractivity contribution in [3.05, 3.63) is 24.3 Å². The van der Waals surface area contributed by atoms with Crippen molar-refractivity contribution in [1.29, 1.82) is 0 Å². The van der Waals surface area contributed by atoms with Gasteiger partial charge in [0, 0.05) is 27.7 Å². The maximum Gasteiger partial charge on any atom is 0.273 e. The molecule has 1 aromatic rings. The first kappa shape index (κ1) is 22.5. The Morgan fingerprint density at radius 2 is 0.929 bits per heavy atom. The molecular weight excluding hydrogens is 372 g/mol. The van der Waals surface area contributed by atoms with Crippen molar-refractivity contribution >= 4 is 35.4 Å². The monoisotopic (exact) mass is 392 g/mol. The van der Waals surface area contributed by atoms with Gasteiger partial charge < -0.3 is 9.47 Å². The van der Waals surface area contributed by atoms with Gasteiger partial charge in [0.15, 0.2) is 24.7 Å². The first-order valence-corrected chi connectivity index (χ1v) is 8.09. The summed E-state index contributed by atoms with van der Waals surface area (Å²) >= 11 is 0. The van der Waals surface area contributed by atoms with Crippen LogP contribution >= 0.6 is 0 Å². The number of hydrogen-bond donors (Lipinski definition) is 0. The maximum absolute atomic E-state index is 12.0. The number of rotatable bonds is 6. The van der Waals surface area contributed by atoms with E-state index in [2.05, 4.69) is 0 Å². The summed E-state index contributed by atoms with van der Waals surface area (Å²) in [7, 11) is 0. The molecule has 6 amide bonds. The molecule has 1 rings (SSSR count). The van der Waals surface area contributed by atoms with Gasteiger partial charge in [-0.1, -0.05) is 12.1 Å². The van der Waals surface area contributed by atoms with E-state index in [0.717, 1.165) is 27.7 Å². The lowest BCUT2D eigenvalue weighted by Crippen LogP contribution is -2.42. The first-order valence-electron chi connectivity index (χ1n) is 8.09. The Morgan fingerprint density at radius 1 is 0.643 bits per heavy atom. The molecule has 0 bridgehead atoms. The van der Waals surface area contributed by atoms with Crippen LogP contribution < -0.4 is 9.47 Å². The Labute approximate surface area is 161 Å². The van der Waals surface area contributed by atoms with Crippen LogP contribution in [0.15, 0.2) is 24.3 Å². The minimum Gasteiger partial charge on any atom is -0.480 e. The third kappa shape index (κ3) is 6.01. The molecule has 0 fully saturated rings. The number of ether oxygens (including phenoxy) is 2. The van der Waals surface area contributed by atoms with E-state index >= 15 is 0 Å². The molecule has 150 valence electrons. The van der Waals surface area contributed by atoms with Crippen molar-refractivity contribution in [2.45, 2.75) is 27.7 Å². The molecule has 0 atom stereocenters. The third-order valence-corrected chi connectivity index (χ3v) is 3.31. The highest BCUT2D eigenvalue weighted by Crippen LogP contribution is 2.26. The highest BCUT2D eigenvalue weighted by molar-refractivity contribution is 6.10. The summed E-state index contributed by atoms with van der Waals surface area (Å²) in [6.07, 6.45) is 0. The van der Waals surface area contributed by atoms with E-state index in [1.807, 2.05) is 0 Å². The molecule has 0 heterocycles. The SMILES string of the molecule is CC(=O)N(C(C)=O)C(=O)COc1ccccc1OCC(=O)N(C(C)=O)C(C)=O. The highest BCUT2D eigenvalue weighted by Gasteiger charge is 2.24. The number of amides is 6. The number of carbonyl (C=O) groups excluding carboxylic acids is 6. The second kappa shape index (κ2) is 9.95. The molecule has 0 saturated carbocycles. The summed E-state index contributed by atoms with van der Waals surface area (Å²) in [5.74, 6) is -4.60. The normalized spacial score (nSPS) is 9.86. The van der Waals surface area contributed by atoms with Crippen LogP contribution in [0, 0.1) is 0 Å². The van der Waals surface area contributed by atoms with Gasteiger partial charge in [-0.2, -0.15) is 0 Å². The maximum atomic E-state index is 12.0. The molecule has 0 spiro atoms. The van der Waals surface area contributed by atoms with E-state index in [0.29, 0.717) is 9.80 Å². The van der Waals surface area contributed by atoms with E-state index in [1.54, 1.807) is 12.1 Å². The fraction of sp³-hybridized carbons (Fsp3) is 0.333. The van der Waals surface area contributed by atoms with Crippen molar-refractivity contribution < 1.29 is 38.2 Å². The topological polar surface area (TPSA) is 127 Å². The number of benzene rings is 1. The fourth-order valence-electron chi connectivity index (χ4n) is 2.24. The molecule has 0 saturated heterocycles. The van der Waals surface area contributed by atoms with Gasteiger partial charge in [0.1, 0.15) is 0 Å². The molecule has 10 nitrogen and oxygen atoms in total. The number of nitrogens with zero attached hydrogens (tertiary/aromatic N) is 2. The third-order valence-electron chi connectivity index (χ3n) is 3.31. The Balaban J connectivity index is 2.83. The van der Waals surface area contributed by atoms with Gasteiger partial charge in [0.25, 0.3) is 11.8 Å². The van der Waals surface area contributed by atoms with E-state index < -0.39 is 48.7 Å². The van der Waals surface area contributed by atoms with Gasteiger partial charge in [-0.3, -0.25) is 28.8 Å². The predicted molar refractivity (Wildman–Crippen MR) is 93.8 cm³/mol. The average molecular weight is 392 g/mol. The molecule has 28 heavy (non-hydrogen) atoms. The van der Waals surface area contributed by atoms with Crippen molar-refractivity contribution in [3.8, 4) is 11.5 Å².